The minimum atomic E-state index is 0.457. The van der Waals surface area contributed by atoms with E-state index in [0.717, 1.165) is 11.1 Å². The highest BCUT2D eigenvalue weighted by Crippen LogP contribution is 2.32. The fourth-order valence-electron chi connectivity index (χ4n) is 1.14. The third-order valence-electron chi connectivity index (χ3n) is 1.75. The molecular weight excluding hydrogens is 204 g/mol. The fraction of sp³-hybridized carbons (Fsp3) is 0. The van der Waals surface area contributed by atoms with Gasteiger partial charge in [0.05, 0.1) is 0 Å². The molecule has 2 nitrogen and oxygen atoms in total. The predicted molar refractivity (Wildman–Crippen MR) is 57.0 cm³/mol. The van der Waals surface area contributed by atoms with Crippen molar-refractivity contribution in [1.29, 1.82) is 0 Å². The lowest BCUT2D eigenvalue weighted by molar-refractivity contribution is 1.33. The van der Waals surface area contributed by atoms with Crippen molar-refractivity contribution in [2.45, 2.75) is 0 Å². The number of halogens is 1. The van der Waals surface area contributed by atoms with Crippen LogP contribution in [0.5, 0.6) is 0 Å². The van der Waals surface area contributed by atoms with E-state index < -0.39 is 0 Å². The Morgan fingerprint density at radius 1 is 1.38 bits per heavy atom. The van der Waals surface area contributed by atoms with Crippen LogP contribution in [0.3, 0.4) is 0 Å². The second-order valence-corrected chi connectivity index (χ2v) is 3.72. The molecule has 2 heterocycles. The van der Waals surface area contributed by atoms with Gasteiger partial charge in [-0.2, -0.15) is 11.3 Å². The van der Waals surface area contributed by atoms with Crippen molar-refractivity contribution in [3.63, 3.8) is 0 Å². The number of anilines is 1. The number of nitrogens with zero attached hydrogens (tertiary/aromatic N) is 1. The van der Waals surface area contributed by atoms with E-state index in [1.807, 2.05) is 16.8 Å². The predicted octanol–water partition coefficient (Wildman–Crippen LogP) is 3.05. The van der Waals surface area contributed by atoms with Gasteiger partial charge in [0.2, 0.25) is 0 Å². The van der Waals surface area contributed by atoms with E-state index in [9.17, 15) is 0 Å². The summed E-state index contributed by atoms with van der Waals surface area (Å²) in [5.41, 5.74) is 8.31. The summed E-state index contributed by atoms with van der Waals surface area (Å²) in [6.07, 6.45) is 1.60. The summed E-state index contributed by atoms with van der Waals surface area (Å²) >= 11 is 7.54. The van der Waals surface area contributed by atoms with Gasteiger partial charge in [-0.05, 0) is 28.5 Å². The van der Waals surface area contributed by atoms with E-state index in [1.165, 1.54) is 0 Å². The van der Waals surface area contributed by atoms with E-state index in [-0.39, 0.29) is 0 Å². The van der Waals surface area contributed by atoms with Gasteiger partial charge in [-0.25, -0.2) is 4.98 Å². The summed E-state index contributed by atoms with van der Waals surface area (Å²) in [5, 5.41) is 4.44. The lowest BCUT2D eigenvalue weighted by Crippen LogP contribution is -1.91. The Bertz CT molecular complexity index is 391. The minimum absolute atomic E-state index is 0.457. The first-order chi connectivity index (χ1) is 6.29. The SMILES string of the molecule is Nc1ccnc(Cl)c1-c1ccsc1. The number of hydrogen-bond donors (Lipinski definition) is 1. The lowest BCUT2D eigenvalue weighted by Gasteiger charge is -2.03. The van der Waals surface area contributed by atoms with Gasteiger partial charge >= 0.3 is 0 Å². The molecule has 0 spiro atoms. The zero-order valence-electron chi connectivity index (χ0n) is 6.70. The molecule has 0 unspecified atom stereocenters. The van der Waals surface area contributed by atoms with Crippen LogP contribution < -0.4 is 5.73 Å². The molecule has 0 radical (unpaired) electrons. The zero-order chi connectivity index (χ0) is 9.26. The molecule has 2 aromatic rings. The molecule has 0 aromatic carbocycles. The highest BCUT2D eigenvalue weighted by atomic mass is 35.5. The molecule has 0 saturated carbocycles. The second kappa shape index (κ2) is 3.36. The summed E-state index contributed by atoms with van der Waals surface area (Å²) < 4.78 is 0. The molecule has 4 heteroatoms. The summed E-state index contributed by atoms with van der Waals surface area (Å²) in [5.74, 6) is 0. The van der Waals surface area contributed by atoms with E-state index in [2.05, 4.69) is 4.98 Å². The van der Waals surface area contributed by atoms with Crippen molar-refractivity contribution < 1.29 is 0 Å². The van der Waals surface area contributed by atoms with Gasteiger partial charge in [0.15, 0.2) is 0 Å². The number of rotatable bonds is 1. The molecule has 0 atom stereocenters. The molecule has 0 saturated heterocycles. The molecule has 13 heavy (non-hydrogen) atoms. The fourth-order valence-corrected chi connectivity index (χ4v) is 2.06. The number of aromatic nitrogens is 1. The van der Waals surface area contributed by atoms with E-state index in [4.69, 9.17) is 17.3 Å². The van der Waals surface area contributed by atoms with Gasteiger partial charge in [0.25, 0.3) is 0 Å². The number of thiophene rings is 1. The number of nitrogen functional groups attached to an aromatic ring is 1. The van der Waals surface area contributed by atoms with Gasteiger partial charge in [0.1, 0.15) is 5.15 Å². The van der Waals surface area contributed by atoms with E-state index >= 15 is 0 Å². The molecule has 0 fully saturated rings. The molecule has 0 aliphatic carbocycles. The third-order valence-corrected chi connectivity index (χ3v) is 2.72. The van der Waals surface area contributed by atoms with Gasteiger partial charge in [-0.3, -0.25) is 0 Å². The number of nitrogens with two attached hydrogens (primary N) is 1. The first-order valence-electron chi connectivity index (χ1n) is 3.71. The number of hydrogen-bond acceptors (Lipinski definition) is 3. The van der Waals surface area contributed by atoms with Crippen molar-refractivity contribution in [3.05, 3.63) is 34.2 Å². The van der Waals surface area contributed by atoms with Gasteiger partial charge < -0.3 is 5.73 Å². The molecule has 0 aliphatic heterocycles. The van der Waals surface area contributed by atoms with Crippen LogP contribution in [0.4, 0.5) is 5.69 Å². The van der Waals surface area contributed by atoms with Crippen molar-refractivity contribution >= 4 is 28.6 Å². The topological polar surface area (TPSA) is 38.9 Å². The van der Waals surface area contributed by atoms with Gasteiger partial charge in [0, 0.05) is 17.4 Å². The van der Waals surface area contributed by atoms with Gasteiger partial charge in [-0.1, -0.05) is 11.6 Å². The molecular formula is C9H7ClN2S. The van der Waals surface area contributed by atoms with Crippen LogP contribution in [-0.4, -0.2) is 4.98 Å². The zero-order valence-corrected chi connectivity index (χ0v) is 8.27. The maximum Gasteiger partial charge on any atom is 0.138 e. The minimum Gasteiger partial charge on any atom is -0.398 e. The van der Waals surface area contributed by atoms with Crippen LogP contribution in [0, 0.1) is 0 Å². The lowest BCUT2D eigenvalue weighted by atomic mass is 10.1. The molecule has 2 rings (SSSR count). The average Bonchev–Trinajstić information content (AvgIpc) is 2.57. The maximum atomic E-state index is 5.93. The Balaban J connectivity index is 2.64. The Morgan fingerprint density at radius 3 is 2.85 bits per heavy atom. The van der Waals surface area contributed by atoms with Crippen LogP contribution in [0.25, 0.3) is 11.1 Å². The van der Waals surface area contributed by atoms with Crippen molar-refractivity contribution in [2.24, 2.45) is 0 Å². The van der Waals surface area contributed by atoms with Crippen molar-refractivity contribution in [1.82, 2.24) is 4.98 Å². The Kier molecular flexibility index (Phi) is 2.20. The van der Waals surface area contributed by atoms with Crippen LogP contribution in [-0.2, 0) is 0 Å². The number of pyridine rings is 1. The molecule has 0 aliphatic rings. The summed E-state index contributed by atoms with van der Waals surface area (Å²) in [4.78, 5) is 3.99. The highest BCUT2D eigenvalue weighted by Gasteiger charge is 2.07. The quantitative estimate of drug-likeness (QED) is 0.735. The largest absolute Gasteiger partial charge is 0.398 e. The Morgan fingerprint density at radius 2 is 2.23 bits per heavy atom. The first-order valence-corrected chi connectivity index (χ1v) is 5.03. The first kappa shape index (κ1) is 8.53. The third kappa shape index (κ3) is 1.53. The van der Waals surface area contributed by atoms with Crippen LogP contribution in [0.2, 0.25) is 5.15 Å². The molecule has 0 bridgehead atoms. The highest BCUT2D eigenvalue weighted by molar-refractivity contribution is 7.08. The van der Waals surface area contributed by atoms with Crippen LogP contribution in [0.15, 0.2) is 29.1 Å². The molecule has 2 N–H and O–H groups in total. The maximum absolute atomic E-state index is 5.93. The van der Waals surface area contributed by atoms with Crippen molar-refractivity contribution in [2.75, 3.05) is 5.73 Å². The van der Waals surface area contributed by atoms with Crippen molar-refractivity contribution in [3.8, 4) is 11.1 Å². The normalized spacial score (nSPS) is 10.2. The smallest absolute Gasteiger partial charge is 0.138 e. The Hall–Kier alpha value is -1.06. The molecule has 0 amide bonds. The van der Waals surface area contributed by atoms with E-state index in [1.54, 1.807) is 23.6 Å². The van der Waals surface area contributed by atoms with Gasteiger partial charge in [-0.15, -0.1) is 0 Å². The standard InChI is InChI=1S/C9H7ClN2S/c10-9-8(6-2-4-13-5-6)7(11)1-3-12-9/h1-5H,(H2,11,12). The van der Waals surface area contributed by atoms with Crippen LogP contribution >= 0.6 is 22.9 Å². The molecule has 66 valence electrons. The van der Waals surface area contributed by atoms with Crippen LogP contribution in [0.1, 0.15) is 0 Å². The second-order valence-electron chi connectivity index (χ2n) is 2.58. The molecule has 2 aromatic heterocycles. The average molecular weight is 211 g/mol. The Labute approximate surface area is 85.0 Å². The summed E-state index contributed by atoms with van der Waals surface area (Å²) in [6, 6.07) is 3.72. The summed E-state index contributed by atoms with van der Waals surface area (Å²) in [6.45, 7) is 0. The summed E-state index contributed by atoms with van der Waals surface area (Å²) in [7, 11) is 0. The van der Waals surface area contributed by atoms with E-state index in [0.29, 0.717) is 10.8 Å². The monoisotopic (exact) mass is 210 g/mol.